The first-order valence-electron chi connectivity index (χ1n) is 4.68. The summed E-state index contributed by atoms with van der Waals surface area (Å²) in [6, 6.07) is 7.18. The molecule has 1 aromatic carbocycles. The van der Waals surface area contributed by atoms with Crippen LogP contribution in [-0.2, 0) is 4.79 Å². The standard InChI is InChI=1S/C11H15NO2S/c1-8-3-5-9(6-4-8)12-10(7-15-2)11(13)14/h3-6,10,12H,7H2,1-2H3,(H,13,14). The van der Waals surface area contributed by atoms with Crippen LogP contribution in [0.3, 0.4) is 0 Å². The van der Waals surface area contributed by atoms with E-state index < -0.39 is 12.0 Å². The first-order chi connectivity index (χ1) is 7.13. The Morgan fingerprint density at radius 2 is 2.07 bits per heavy atom. The molecule has 2 N–H and O–H groups in total. The third-order valence-corrected chi connectivity index (χ3v) is 2.69. The minimum Gasteiger partial charge on any atom is -0.480 e. The van der Waals surface area contributed by atoms with Gasteiger partial charge in [-0.3, -0.25) is 0 Å². The number of benzene rings is 1. The summed E-state index contributed by atoms with van der Waals surface area (Å²) >= 11 is 1.52. The lowest BCUT2D eigenvalue weighted by Crippen LogP contribution is -2.31. The number of carboxylic acids is 1. The molecule has 0 aliphatic carbocycles. The molecule has 1 rings (SSSR count). The highest BCUT2D eigenvalue weighted by atomic mass is 32.2. The van der Waals surface area contributed by atoms with E-state index in [1.54, 1.807) is 0 Å². The van der Waals surface area contributed by atoms with Crippen molar-refractivity contribution in [1.29, 1.82) is 0 Å². The number of hydrogen-bond acceptors (Lipinski definition) is 3. The van der Waals surface area contributed by atoms with Gasteiger partial charge in [-0.1, -0.05) is 17.7 Å². The van der Waals surface area contributed by atoms with Crippen LogP contribution >= 0.6 is 11.8 Å². The minimum absolute atomic E-state index is 0.525. The Labute approximate surface area is 93.9 Å². The predicted molar refractivity (Wildman–Crippen MR) is 64.6 cm³/mol. The molecule has 4 heteroatoms. The van der Waals surface area contributed by atoms with Crippen molar-refractivity contribution in [2.45, 2.75) is 13.0 Å². The number of aliphatic carboxylic acids is 1. The third kappa shape index (κ3) is 3.83. The van der Waals surface area contributed by atoms with Crippen LogP contribution in [0.15, 0.2) is 24.3 Å². The summed E-state index contributed by atoms with van der Waals surface area (Å²) in [5.41, 5.74) is 2.01. The maximum Gasteiger partial charge on any atom is 0.326 e. The Morgan fingerprint density at radius 1 is 1.47 bits per heavy atom. The Kier molecular flexibility index (Phi) is 4.49. The number of hydrogen-bond donors (Lipinski definition) is 2. The largest absolute Gasteiger partial charge is 0.480 e. The van der Waals surface area contributed by atoms with Crippen LogP contribution in [0.5, 0.6) is 0 Å². The summed E-state index contributed by atoms with van der Waals surface area (Å²) < 4.78 is 0. The van der Waals surface area contributed by atoms with E-state index in [2.05, 4.69) is 5.32 Å². The zero-order chi connectivity index (χ0) is 11.3. The highest BCUT2D eigenvalue weighted by Crippen LogP contribution is 2.11. The van der Waals surface area contributed by atoms with E-state index in [-0.39, 0.29) is 0 Å². The maximum atomic E-state index is 10.9. The van der Waals surface area contributed by atoms with Gasteiger partial charge in [-0.15, -0.1) is 0 Å². The summed E-state index contributed by atoms with van der Waals surface area (Å²) in [6.45, 7) is 2.00. The van der Waals surface area contributed by atoms with Crippen molar-refractivity contribution in [1.82, 2.24) is 0 Å². The van der Waals surface area contributed by atoms with Gasteiger partial charge in [0.05, 0.1) is 0 Å². The topological polar surface area (TPSA) is 49.3 Å². The van der Waals surface area contributed by atoms with Gasteiger partial charge >= 0.3 is 5.97 Å². The number of aryl methyl sites for hydroxylation is 1. The normalized spacial score (nSPS) is 12.1. The first-order valence-corrected chi connectivity index (χ1v) is 6.08. The van der Waals surface area contributed by atoms with E-state index in [9.17, 15) is 4.79 Å². The number of carbonyl (C=O) groups is 1. The molecule has 0 spiro atoms. The second-order valence-electron chi connectivity index (χ2n) is 3.36. The van der Waals surface area contributed by atoms with E-state index in [0.717, 1.165) is 11.3 Å². The smallest absolute Gasteiger partial charge is 0.326 e. The van der Waals surface area contributed by atoms with Crippen LogP contribution in [0.2, 0.25) is 0 Å². The molecule has 1 atom stereocenters. The van der Waals surface area contributed by atoms with Crippen LogP contribution in [0.1, 0.15) is 5.56 Å². The second kappa shape index (κ2) is 5.66. The molecule has 15 heavy (non-hydrogen) atoms. The number of thioether (sulfide) groups is 1. The second-order valence-corrected chi connectivity index (χ2v) is 4.27. The number of rotatable bonds is 5. The zero-order valence-electron chi connectivity index (χ0n) is 8.86. The van der Waals surface area contributed by atoms with Crippen LogP contribution in [0, 0.1) is 6.92 Å². The third-order valence-electron chi connectivity index (χ3n) is 2.02. The van der Waals surface area contributed by atoms with Gasteiger partial charge in [0, 0.05) is 11.4 Å². The summed E-state index contributed by atoms with van der Waals surface area (Å²) in [5, 5.41) is 11.9. The maximum absolute atomic E-state index is 10.9. The average Bonchev–Trinajstić information content (AvgIpc) is 2.20. The number of carboxylic acid groups (broad SMARTS) is 1. The van der Waals surface area contributed by atoms with Gasteiger partial charge in [-0.2, -0.15) is 11.8 Å². The van der Waals surface area contributed by atoms with Gasteiger partial charge in [0.15, 0.2) is 0 Å². The average molecular weight is 225 g/mol. The van der Waals surface area contributed by atoms with Gasteiger partial charge in [-0.25, -0.2) is 4.79 Å². The molecule has 0 radical (unpaired) electrons. The van der Waals surface area contributed by atoms with Gasteiger partial charge in [0.25, 0.3) is 0 Å². The van der Waals surface area contributed by atoms with Crippen molar-refractivity contribution >= 4 is 23.4 Å². The lowest BCUT2D eigenvalue weighted by Gasteiger charge is -2.14. The van der Waals surface area contributed by atoms with E-state index in [1.165, 1.54) is 11.8 Å². The fourth-order valence-corrected chi connectivity index (χ4v) is 1.75. The van der Waals surface area contributed by atoms with Crippen molar-refractivity contribution in [2.75, 3.05) is 17.3 Å². The molecule has 0 aliphatic heterocycles. The molecular formula is C11H15NO2S. The zero-order valence-corrected chi connectivity index (χ0v) is 9.67. The molecule has 1 aromatic rings. The van der Waals surface area contributed by atoms with Crippen molar-refractivity contribution in [3.63, 3.8) is 0 Å². The predicted octanol–water partition coefficient (Wildman–Crippen LogP) is 2.22. The van der Waals surface area contributed by atoms with Crippen molar-refractivity contribution in [3.05, 3.63) is 29.8 Å². The molecule has 82 valence electrons. The van der Waals surface area contributed by atoms with Gasteiger partial charge in [0.2, 0.25) is 0 Å². The van der Waals surface area contributed by atoms with Crippen LogP contribution < -0.4 is 5.32 Å². The molecule has 0 fully saturated rings. The molecular weight excluding hydrogens is 210 g/mol. The summed E-state index contributed by atoms with van der Waals surface area (Å²) in [7, 11) is 0. The Bertz CT molecular complexity index is 324. The molecule has 1 unspecified atom stereocenters. The molecule has 0 aliphatic rings. The van der Waals surface area contributed by atoms with Gasteiger partial charge in [0.1, 0.15) is 6.04 Å². The highest BCUT2D eigenvalue weighted by Gasteiger charge is 2.15. The lowest BCUT2D eigenvalue weighted by molar-refractivity contribution is -0.137. The van der Waals surface area contributed by atoms with Crippen LogP contribution in [-0.4, -0.2) is 29.1 Å². The van der Waals surface area contributed by atoms with E-state index in [0.29, 0.717) is 5.75 Å². The molecule has 0 bridgehead atoms. The molecule has 0 saturated heterocycles. The van der Waals surface area contributed by atoms with E-state index >= 15 is 0 Å². The fourth-order valence-electron chi connectivity index (χ4n) is 1.19. The molecule has 0 heterocycles. The molecule has 0 aromatic heterocycles. The summed E-state index contributed by atoms with van der Waals surface area (Å²) in [5.74, 6) is -0.256. The van der Waals surface area contributed by atoms with Crippen LogP contribution in [0.4, 0.5) is 5.69 Å². The van der Waals surface area contributed by atoms with Crippen molar-refractivity contribution < 1.29 is 9.90 Å². The molecule has 0 saturated carbocycles. The number of anilines is 1. The van der Waals surface area contributed by atoms with Gasteiger partial charge < -0.3 is 10.4 Å². The fraction of sp³-hybridized carbons (Fsp3) is 0.364. The first kappa shape index (κ1) is 11.9. The molecule has 3 nitrogen and oxygen atoms in total. The Morgan fingerprint density at radius 3 is 2.53 bits per heavy atom. The lowest BCUT2D eigenvalue weighted by atomic mass is 10.2. The summed E-state index contributed by atoms with van der Waals surface area (Å²) in [4.78, 5) is 10.9. The van der Waals surface area contributed by atoms with Crippen LogP contribution in [0.25, 0.3) is 0 Å². The van der Waals surface area contributed by atoms with Crippen molar-refractivity contribution in [2.24, 2.45) is 0 Å². The Balaban J connectivity index is 2.65. The van der Waals surface area contributed by atoms with E-state index in [1.807, 2.05) is 37.4 Å². The van der Waals surface area contributed by atoms with Crippen molar-refractivity contribution in [3.8, 4) is 0 Å². The highest BCUT2D eigenvalue weighted by molar-refractivity contribution is 7.98. The SMILES string of the molecule is CSCC(Nc1ccc(C)cc1)C(=O)O. The quantitative estimate of drug-likeness (QED) is 0.806. The number of nitrogens with one attached hydrogen (secondary N) is 1. The van der Waals surface area contributed by atoms with Gasteiger partial charge in [-0.05, 0) is 25.3 Å². The summed E-state index contributed by atoms with van der Waals surface area (Å²) in [6.07, 6.45) is 1.90. The van der Waals surface area contributed by atoms with E-state index in [4.69, 9.17) is 5.11 Å². The minimum atomic E-state index is -0.815. The molecule has 0 amide bonds. The monoisotopic (exact) mass is 225 g/mol. The Hall–Kier alpha value is -1.16.